The van der Waals surface area contributed by atoms with E-state index in [1.54, 1.807) is 0 Å². The average molecular weight is 607 g/mol. The number of carbonyl (C=O) groups is 7. The molecule has 18 nitrogen and oxygen atoms in total. The Kier molecular flexibility index (Phi) is 15.2. The van der Waals surface area contributed by atoms with E-state index in [2.05, 4.69) is 31.6 Å². The van der Waals surface area contributed by atoms with Crippen LogP contribution in [0.2, 0.25) is 0 Å². The number of hydrogen-bond acceptors (Lipinski definition) is 11. The van der Waals surface area contributed by atoms with Gasteiger partial charge in [0.1, 0.15) is 18.1 Å². The van der Waals surface area contributed by atoms with E-state index in [-0.39, 0.29) is 30.4 Å². The molecule has 20 heteroatoms. The minimum absolute atomic E-state index is 0.0457. The number of aliphatic imine (C=N–C) groups is 1. The van der Waals surface area contributed by atoms with Crippen LogP contribution in [0.15, 0.2) is 4.99 Å². The molecule has 224 valence electrons. The fourth-order valence-corrected chi connectivity index (χ4v) is 5.32. The Bertz CT molecular complexity index is 994. The molecule has 0 bridgehead atoms. The van der Waals surface area contributed by atoms with Crippen LogP contribution in [-0.2, 0) is 33.6 Å². The van der Waals surface area contributed by atoms with Crippen LogP contribution in [0.25, 0.3) is 0 Å². The van der Waals surface area contributed by atoms with Crippen LogP contribution in [0.1, 0.15) is 19.3 Å². The number of nitrogens with two attached hydrogens (primary N) is 4. The number of nitrogens with one attached hydrogen (secondary N) is 5. The quantitative estimate of drug-likeness (QED) is 0.0507. The van der Waals surface area contributed by atoms with Crippen molar-refractivity contribution in [2.45, 2.75) is 43.4 Å². The molecule has 0 aliphatic carbocycles. The highest BCUT2D eigenvalue weighted by molar-refractivity contribution is 8.76. The maximum absolute atomic E-state index is 12.8. The molecule has 1 saturated heterocycles. The van der Waals surface area contributed by atoms with E-state index in [1.807, 2.05) is 0 Å². The summed E-state index contributed by atoms with van der Waals surface area (Å²) in [5.74, 6) is -6.56. The molecule has 0 saturated carbocycles. The molecule has 0 aromatic heterocycles. The van der Waals surface area contributed by atoms with E-state index in [1.165, 1.54) is 0 Å². The number of guanidine groups is 1. The lowest BCUT2D eigenvalue weighted by atomic mass is 10.1. The van der Waals surface area contributed by atoms with Gasteiger partial charge in [0.15, 0.2) is 5.96 Å². The van der Waals surface area contributed by atoms with E-state index in [9.17, 15) is 38.7 Å². The summed E-state index contributed by atoms with van der Waals surface area (Å²) in [5.41, 5.74) is 21.5. The monoisotopic (exact) mass is 606 g/mol. The van der Waals surface area contributed by atoms with E-state index >= 15 is 0 Å². The number of carbonyl (C=O) groups excluding carboxylic acids is 6. The molecule has 1 heterocycles. The van der Waals surface area contributed by atoms with Gasteiger partial charge in [0.05, 0.1) is 25.6 Å². The Morgan fingerprint density at radius 1 is 0.950 bits per heavy atom. The maximum atomic E-state index is 12.8. The van der Waals surface area contributed by atoms with Crippen LogP contribution in [0.5, 0.6) is 0 Å². The van der Waals surface area contributed by atoms with Gasteiger partial charge in [0, 0.05) is 18.1 Å². The minimum atomic E-state index is -1.61. The predicted octanol–water partition coefficient (Wildman–Crippen LogP) is -5.59. The highest BCUT2D eigenvalue weighted by atomic mass is 33.1. The molecule has 6 amide bonds. The van der Waals surface area contributed by atoms with Crippen LogP contribution in [0.4, 0.5) is 0 Å². The van der Waals surface area contributed by atoms with Crippen molar-refractivity contribution in [3.63, 3.8) is 0 Å². The Labute approximate surface area is 236 Å². The summed E-state index contributed by atoms with van der Waals surface area (Å²) in [6.45, 7) is -1.01. The van der Waals surface area contributed by atoms with Crippen molar-refractivity contribution in [1.29, 1.82) is 0 Å². The molecule has 1 rings (SSSR count). The first-order chi connectivity index (χ1) is 18.8. The third-order valence-electron chi connectivity index (χ3n) is 5.00. The lowest BCUT2D eigenvalue weighted by molar-refractivity contribution is -0.141. The zero-order valence-corrected chi connectivity index (χ0v) is 23.0. The van der Waals surface area contributed by atoms with Crippen molar-refractivity contribution in [3.05, 3.63) is 0 Å². The summed E-state index contributed by atoms with van der Waals surface area (Å²) >= 11 is 0. The first kappa shape index (κ1) is 34.2. The van der Waals surface area contributed by atoms with E-state index < -0.39 is 85.1 Å². The molecule has 1 fully saturated rings. The van der Waals surface area contributed by atoms with Gasteiger partial charge in [-0.05, 0) is 12.8 Å². The maximum Gasteiger partial charge on any atom is 0.305 e. The number of amides is 6. The number of primary amides is 1. The number of carboxylic acid groups (broad SMARTS) is 1. The van der Waals surface area contributed by atoms with Crippen molar-refractivity contribution >= 4 is 69.0 Å². The number of aliphatic carboxylic acids is 1. The summed E-state index contributed by atoms with van der Waals surface area (Å²) < 4.78 is 0. The smallest absolute Gasteiger partial charge is 0.305 e. The molecule has 40 heavy (non-hydrogen) atoms. The normalized spacial score (nSPS) is 23.3. The van der Waals surface area contributed by atoms with Crippen LogP contribution in [0, 0.1) is 0 Å². The summed E-state index contributed by atoms with van der Waals surface area (Å²) in [4.78, 5) is 89.4. The van der Waals surface area contributed by atoms with Gasteiger partial charge in [-0.1, -0.05) is 21.6 Å². The largest absolute Gasteiger partial charge is 0.481 e. The van der Waals surface area contributed by atoms with Gasteiger partial charge in [-0.25, -0.2) is 0 Å². The summed E-state index contributed by atoms with van der Waals surface area (Å²) in [5, 5.41) is 20.8. The van der Waals surface area contributed by atoms with Crippen molar-refractivity contribution in [3.8, 4) is 0 Å². The first-order valence-corrected chi connectivity index (χ1v) is 14.3. The predicted molar refractivity (Wildman–Crippen MR) is 146 cm³/mol. The van der Waals surface area contributed by atoms with Crippen LogP contribution >= 0.6 is 21.6 Å². The van der Waals surface area contributed by atoms with E-state index in [4.69, 9.17) is 22.9 Å². The molecule has 0 aromatic rings. The Balaban J connectivity index is 3.14. The number of carboxylic acids is 1. The first-order valence-electron chi connectivity index (χ1n) is 11.8. The number of nitrogens with zero attached hydrogens (tertiary/aromatic N) is 1. The molecular weight excluding hydrogens is 572 g/mol. The molecule has 0 spiro atoms. The van der Waals surface area contributed by atoms with Crippen LogP contribution in [0.3, 0.4) is 0 Å². The zero-order chi connectivity index (χ0) is 30.2. The van der Waals surface area contributed by atoms with Gasteiger partial charge in [-0.3, -0.25) is 38.6 Å². The molecule has 0 radical (unpaired) electrons. The van der Waals surface area contributed by atoms with Crippen LogP contribution in [-0.4, -0.2) is 108 Å². The second-order valence-electron chi connectivity index (χ2n) is 8.37. The van der Waals surface area contributed by atoms with Crippen molar-refractivity contribution in [2.24, 2.45) is 27.9 Å². The van der Waals surface area contributed by atoms with Crippen molar-refractivity contribution in [2.75, 3.05) is 31.1 Å². The third kappa shape index (κ3) is 13.8. The minimum Gasteiger partial charge on any atom is -0.481 e. The second kappa shape index (κ2) is 17.7. The van der Waals surface area contributed by atoms with Gasteiger partial charge in [0.2, 0.25) is 35.4 Å². The molecule has 14 N–H and O–H groups in total. The SMILES string of the molecule is NC(=O)CNC(=O)[C@@H]1CSSC[C@H](N)C(=O)N[C@@H](CCCN=C(N)N)C(=O)NCC(=O)N[C@@H](CC(=O)O)C(=O)N1. The lowest BCUT2D eigenvalue weighted by Crippen LogP contribution is -2.57. The summed E-state index contributed by atoms with van der Waals surface area (Å²) in [6, 6.07) is -5.05. The topological polar surface area (TPSA) is 316 Å². The van der Waals surface area contributed by atoms with Crippen molar-refractivity contribution < 1.29 is 38.7 Å². The standard InChI is InChI=1S/C20H34N10O8S2/c21-9-7-39-40-8-12(18(37)26-5-13(22)31)30-19(38)11(4-15(33)34)28-14(32)6-27-17(36)10(29-16(9)35)2-1-3-25-20(23)24/h9-12H,1-8,21H2,(H2,22,31)(H,26,37)(H,27,36)(H,28,32)(H,29,35)(H,30,38)(H,33,34)(H4,23,24,25)/t9-,10-,11-,12-/m0/s1. The summed E-state index contributed by atoms with van der Waals surface area (Å²) in [6.07, 6.45) is -0.444. The van der Waals surface area contributed by atoms with Gasteiger partial charge < -0.3 is 54.6 Å². The van der Waals surface area contributed by atoms with Gasteiger partial charge >= 0.3 is 5.97 Å². The van der Waals surface area contributed by atoms with E-state index in [0.29, 0.717) is 6.42 Å². The number of hydrogen-bond donors (Lipinski definition) is 10. The Hall–Kier alpha value is -3.78. The molecule has 4 atom stereocenters. The fraction of sp³-hybridized carbons (Fsp3) is 0.600. The Morgan fingerprint density at radius 2 is 1.62 bits per heavy atom. The van der Waals surface area contributed by atoms with Gasteiger partial charge in [0.25, 0.3) is 0 Å². The van der Waals surface area contributed by atoms with Crippen molar-refractivity contribution in [1.82, 2.24) is 26.6 Å². The lowest BCUT2D eigenvalue weighted by Gasteiger charge is -2.22. The van der Waals surface area contributed by atoms with Crippen LogP contribution < -0.4 is 49.5 Å². The molecule has 1 aliphatic heterocycles. The summed E-state index contributed by atoms with van der Waals surface area (Å²) in [7, 11) is 2.14. The average Bonchev–Trinajstić information content (AvgIpc) is 2.87. The highest BCUT2D eigenvalue weighted by Gasteiger charge is 2.30. The fourth-order valence-electron chi connectivity index (χ4n) is 3.04. The zero-order valence-electron chi connectivity index (χ0n) is 21.3. The van der Waals surface area contributed by atoms with Gasteiger partial charge in [-0.2, -0.15) is 0 Å². The van der Waals surface area contributed by atoms with E-state index in [0.717, 1.165) is 21.6 Å². The third-order valence-corrected chi connectivity index (χ3v) is 7.45. The molecule has 0 unspecified atom stereocenters. The highest BCUT2D eigenvalue weighted by Crippen LogP contribution is 2.23. The van der Waals surface area contributed by atoms with Gasteiger partial charge in [-0.15, -0.1) is 0 Å². The number of rotatable bonds is 9. The molecular formula is C20H34N10O8S2. The second-order valence-corrected chi connectivity index (χ2v) is 10.9. The Morgan fingerprint density at radius 3 is 2.25 bits per heavy atom. The molecule has 0 aromatic carbocycles. The molecule has 1 aliphatic rings.